The van der Waals surface area contributed by atoms with Gasteiger partial charge in [-0.25, -0.2) is 9.78 Å². The Kier molecular flexibility index (Phi) is 26.0. The Balaban J connectivity index is 1.28. The summed E-state index contributed by atoms with van der Waals surface area (Å²) in [7, 11) is 0. The first kappa shape index (κ1) is 69.5. The number of nitrogens with two attached hydrogens (primary N) is 1. The van der Waals surface area contributed by atoms with E-state index < -0.39 is 114 Å². The van der Waals surface area contributed by atoms with E-state index in [1.165, 1.54) is 61.1 Å². The molecule has 2 heterocycles. The summed E-state index contributed by atoms with van der Waals surface area (Å²) in [6, 6.07) is 15.4. The van der Waals surface area contributed by atoms with E-state index in [0.29, 0.717) is 22.4 Å². The molecular weight excluding hydrogens is 1160 g/mol. The van der Waals surface area contributed by atoms with Gasteiger partial charge >= 0.3 is 5.97 Å². The second-order valence-corrected chi connectivity index (χ2v) is 23.8. The number of carboxylic acids is 1. The molecule has 25 nitrogen and oxygen atoms in total. The fourth-order valence-corrected chi connectivity index (χ4v) is 10.1. The number of nitrogens with one attached hydrogen (secondary N) is 10. The van der Waals surface area contributed by atoms with Gasteiger partial charge in [0, 0.05) is 54.7 Å². The molecule has 0 radical (unpaired) electrons. The first-order chi connectivity index (χ1) is 42.8. The second-order valence-electron chi connectivity index (χ2n) is 23.8. The molecule has 90 heavy (non-hydrogen) atoms. The number of rotatable bonds is 34. The van der Waals surface area contributed by atoms with Gasteiger partial charge in [-0.3, -0.25) is 38.4 Å². The van der Waals surface area contributed by atoms with Crippen molar-refractivity contribution in [2.75, 3.05) is 6.61 Å². The number of imidazole rings is 1. The van der Waals surface area contributed by atoms with Gasteiger partial charge in [-0.1, -0.05) is 114 Å². The Morgan fingerprint density at radius 2 is 0.833 bits per heavy atom. The maximum absolute atomic E-state index is 14.9. The van der Waals surface area contributed by atoms with E-state index in [-0.39, 0.29) is 80.6 Å². The molecular formula is C65H84N12O13. The third kappa shape index (κ3) is 21.6. The van der Waals surface area contributed by atoms with Crippen LogP contribution in [0.5, 0.6) is 11.5 Å². The summed E-state index contributed by atoms with van der Waals surface area (Å²) in [5, 5.41) is 62.5. The number of aromatic hydroxyl groups is 2. The van der Waals surface area contributed by atoms with Crippen LogP contribution in [0.1, 0.15) is 88.8 Å². The number of aliphatic carboxylic acids is 1. The number of hydrogen-bond donors (Lipinski definition) is 15. The van der Waals surface area contributed by atoms with Crippen molar-refractivity contribution >= 4 is 64.1 Å². The van der Waals surface area contributed by atoms with Crippen LogP contribution >= 0.6 is 0 Å². The molecule has 0 bridgehead atoms. The number of para-hydroxylation sites is 1. The van der Waals surface area contributed by atoms with E-state index >= 15 is 0 Å². The van der Waals surface area contributed by atoms with Gasteiger partial charge < -0.3 is 78.7 Å². The summed E-state index contributed by atoms with van der Waals surface area (Å²) >= 11 is 0. The molecule has 0 spiro atoms. The van der Waals surface area contributed by atoms with E-state index in [0.717, 1.165) is 16.5 Å². The van der Waals surface area contributed by atoms with Gasteiger partial charge in [-0.05, 0) is 96.0 Å². The quantitative estimate of drug-likeness (QED) is 0.0276. The number of carbonyl (C=O) groups excluding carboxylic acids is 8. The van der Waals surface area contributed by atoms with Crippen LogP contribution in [0.15, 0.2) is 122 Å². The number of carbonyl (C=O) groups is 9. The van der Waals surface area contributed by atoms with Crippen LogP contribution in [-0.4, -0.2) is 150 Å². The number of phenolic OH excluding ortho intramolecular Hbond substituents is 2. The van der Waals surface area contributed by atoms with E-state index in [1.54, 1.807) is 20.0 Å². The van der Waals surface area contributed by atoms with Crippen molar-refractivity contribution in [1.29, 1.82) is 0 Å². The molecule has 25 heteroatoms. The van der Waals surface area contributed by atoms with Gasteiger partial charge in [-0.2, -0.15) is 0 Å². The highest BCUT2D eigenvalue weighted by molar-refractivity contribution is 5.99. The molecule has 482 valence electrons. The second kappa shape index (κ2) is 33.7. The van der Waals surface area contributed by atoms with Crippen LogP contribution in [0.2, 0.25) is 0 Å². The zero-order valence-electron chi connectivity index (χ0n) is 51.3. The van der Waals surface area contributed by atoms with Gasteiger partial charge in [0.15, 0.2) is 0 Å². The van der Waals surface area contributed by atoms with Crippen molar-refractivity contribution in [3.8, 4) is 11.5 Å². The SMILES string of the molecule is CC(C)C[C@H](NC(=O)[C@H](CO)NC(=O)[C@H](Cc1ccc(O)cc1)NC(=O)[C@H](Cc1ccc(O)cc1)NC(=O)[C@H](Cc1cnc[nH]1)NC(=O)[C@H](CC(C)C)NC(=O)[C@H](Cc1c[nH]c2ccccc12)NC(=O)[C@H](CC(C)C)NC(=O)[C@@H](N)Cc1ccccc1)C(=O)O. The maximum atomic E-state index is 14.9. The molecule has 0 fully saturated rings. The van der Waals surface area contributed by atoms with Crippen LogP contribution < -0.4 is 48.3 Å². The first-order valence-electron chi connectivity index (χ1n) is 30.0. The number of amides is 8. The molecule has 0 saturated heterocycles. The number of aromatic nitrogens is 3. The number of hydrogen-bond acceptors (Lipinski definition) is 14. The van der Waals surface area contributed by atoms with E-state index in [2.05, 4.69) is 57.5 Å². The Labute approximate surface area is 521 Å². The van der Waals surface area contributed by atoms with Crippen LogP contribution in [-0.2, 0) is 75.3 Å². The Bertz CT molecular complexity index is 3360. The van der Waals surface area contributed by atoms with Gasteiger partial charge in [0.05, 0.1) is 19.0 Å². The molecule has 6 rings (SSSR count). The van der Waals surface area contributed by atoms with Crippen LogP contribution in [0.25, 0.3) is 10.9 Å². The van der Waals surface area contributed by atoms with Gasteiger partial charge in [0.1, 0.15) is 59.8 Å². The summed E-state index contributed by atoms with van der Waals surface area (Å²) in [5.74, 6) is -8.76. The normalized spacial score (nSPS) is 14.4. The fraction of sp³-hybridized carbons (Fsp3) is 0.415. The maximum Gasteiger partial charge on any atom is 0.326 e. The lowest BCUT2D eigenvalue weighted by Crippen LogP contribution is -2.61. The van der Waals surface area contributed by atoms with Crippen molar-refractivity contribution in [2.45, 2.75) is 147 Å². The molecule has 4 aromatic carbocycles. The number of aliphatic hydroxyl groups is 1. The van der Waals surface area contributed by atoms with Gasteiger partial charge in [0.25, 0.3) is 0 Å². The third-order valence-electron chi connectivity index (χ3n) is 14.8. The van der Waals surface area contributed by atoms with Crippen molar-refractivity contribution in [3.05, 3.63) is 150 Å². The number of aliphatic hydroxyl groups excluding tert-OH is 1. The van der Waals surface area contributed by atoms with E-state index in [1.807, 2.05) is 82.3 Å². The van der Waals surface area contributed by atoms with Crippen molar-refractivity contribution < 1.29 is 63.6 Å². The minimum atomic E-state index is -1.68. The molecule has 0 aliphatic carbocycles. The predicted octanol–water partition coefficient (Wildman–Crippen LogP) is 2.24. The molecule has 6 aromatic rings. The zero-order valence-corrected chi connectivity index (χ0v) is 51.3. The average Bonchev–Trinajstić information content (AvgIpc) is 2.33. The number of phenols is 2. The van der Waals surface area contributed by atoms with Crippen LogP contribution in [0.4, 0.5) is 0 Å². The average molecular weight is 1240 g/mol. The van der Waals surface area contributed by atoms with Crippen molar-refractivity contribution in [2.24, 2.45) is 23.5 Å². The lowest BCUT2D eigenvalue weighted by molar-refractivity contribution is -0.143. The lowest BCUT2D eigenvalue weighted by Gasteiger charge is -2.29. The Morgan fingerprint density at radius 1 is 0.444 bits per heavy atom. The first-order valence-corrected chi connectivity index (χ1v) is 30.0. The largest absolute Gasteiger partial charge is 0.508 e. The highest BCUT2D eigenvalue weighted by Gasteiger charge is 2.36. The molecule has 8 amide bonds. The van der Waals surface area contributed by atoms with Crippen LogP contribution in [0, 0.1) is 17.8 Å². The summed E-state index contributed by atoms with van der Waals surface area (Å²) in [4.78, 5) is 137. The number of nitrogens with zero attached hydrogens (tertiary/aromatic N) is 1. The van der Waals surface area contributed by atoms with Gasteiger partial charge in [0.2, 0.25) is 47.3 Å². The topological polar surface area (TPSA) is 401 Å². The third-order valence-corrected chi connectivity index (χ3v) is 14.8. The number of carboxylic acid groups (broad SMARTS) is 1. The molecule has 16 N–H and O–H groups in total. The number of aromatic amines is 2. The molecule has 0 unspecified atom stereocenters. The standard InChI is InChI=1S/C65H84N12O13/c1-36(2)24-49(70-57(81)47(66)27-39-12-8-7-9-13-39)58(82)74-53(30-42-32-68-48-15-11-10-14-46(42)48)62(86)71-50(25-37(3)4)59(83)75-54(31-43-33-67-35-69-43)63(87)73-51(28-40-16-20-44(79)21-17-40)60(84)72-52(29-41-18-22-45(80)23-19-41)61(85)77-56(34-78)64(88)76-55(65(89)90)26-38(5)6/h7-23,32-33,35-38,47,49-56,68,78-80H,24-31,34,66H2,1-6H3,(H,67,69)(H,70,81)(H,71,86)(H,72,84)(H,73,87)(H,74,82)(H,75,83)(H,76,88)(H,77,85)(H,89,90)/t47-,49-,50-,51-,52-,53-,54-,55-,56-/m0/s1. The monoisotopic (exact) mass is 1240 g/mol. The Hall–Kier alpha value is -9.62. The number of fused-ring (bicyclic) bond motifs is 1. The highest BCUT2D eigenvalue weighted by Crippen LogP contribution is 2.21. The highest BCUT2D eigenvalue weighted by atomic mass is 16.4. The lowest BCUT2D eigenvalue weighted by atomic mass is 9.98. The molecule has 2 aromatic heterocycles. The molecule has 0 aliphatic rings. The fourth-order valence-electron chi connectivity index (χ4n) is 10.1. The number of H-pyrrole nitrogens is 2. The predicted molar refractivity (Wildman–Crippen MR) is 335 cm³/mol. The summed E-state index contributed by atoms with van der Waals surface area (Å²) < 4.78 is 0. The zero-order chi connectivity index (χ0) is 65.6. The smallest absolute Gasteiger partial charge is 0.326 e. The summed E-state index contributed by atoms with van der Waals surface area (Å²) in [6.07, 6.45) is 4.11. The van der Waals surface area contributed by atoms with Crippen LogP contribution in [0.3, 0.4) is 0 Å². The van der Waals surface area contributed by atoms with Crippen molar-refractivity contribution in [1.82, 2.24) is 57.5 Å². The Morgan fingerprint density at radius 3 is 1.30 bits per heavy atom. The molecule has 0 aliphatic heterocycles. The molecule has 0 saturated carbocycles. The van der Waals surface area contributed by atoms with Crippen molar-refractivity contribution in [3.63, 3.8) is 0 Å². The van der Waals surface area contributed by atoms with E-state index in [9.17, 15) is 63.6 Å². The number of benzene rings is 4. The molecule has 9 atom stereocenters. The minimum Gasteiger partial charge on any atom is -0.508 e. The summed E-state index contributed by atoms with van der Waals surface area (Å²) in [5.41, 5.74) is 9.81. The minimum absolute atomic E-state index is 0.0301. The van der Waals surface area contributed by atoms with Gasteiger partial charge in [-0.15, -0.1) is 0 Å². The summed E-state index contributed by atoms with van der Waals surface area (Å²) in [6.45, 7) is 9.92. The van der Waals surface area contributed by atoms with E-state index in [4.69, 9.17) is 5.73 Å².